The molecule has 0 heterocycles. The predicted molar refractivity (Wildman–Crippen MR) is 66.0 cm³/mol. The standard InChI is InChI=1S/2C2H7ClO7P2.3Pd/c2*3-1-10-12(8,9)2(4)11(5,6)7;;;/h2*2,4H,1H2,(H,8,9)(H2,5,6,7);;;/q;;3*+2/p-6. The fourth-order valence-electron chi connectivity index (χ4n) is 0.616. The molecule has 4 unspecified atom stereocenters. The van der Waals surface area contributed by atoms with E-state index in [9.17, 15) is 47.6 Å². The minimum absolute atomic E-state index is 0. The molecule has 0 saturated heterocycles. The zero-order chi connectivity index (χ0) is 20.0. The van der Waals surface area contributed by atoms with Crippen molar-refractivity contribution in [3.05, 3.63) is 0 Å². The van der Waals surface area contributed by atoms with Crippen molar-refractivity contribution in [3.63, 3.8) is 0 Å². The number of halogens is 2. The van der Waals surface area contributed by atoms with Gasteiger partial charge in [0.25, 0.3) is 0 Å². The first-order chi connectivity index (χ1) is 10.4. The normalized spacial score (nSPS) is 17.9. The van der Waals surface area contributed by atoms with Crippen molar-refractivity contribution in [2.24, 2.45) is 0 Å². The largest absolute Gasteiger partial charge is 2.00 e. The third-order valence-electron chi connectivity index (χ3n) is 1.59. The van der Waals surface area contributed by atoms with Gasteiger partial charge < -0.3 is 66.9 Å². The third kappa shape index (κ3) is 17.3. The van der Waals surface area contributed by atoms with Gasteiger partial charge in [0.15, 0.2) is 15.2 Å². The first-order valence-electron chi connectivity index (χ1n) is 4.85. The van der Waals surface area contributed by atoms with Gasteiger partial charge in [0, 0.05) is 0 Å². The average molecular weight is 794 g/mol. The summed E-state index contributed by atoms with van der Waals surface area (Å²) in [6.07, 6.45) is 0. The van der Waals surface area contributed by atoms with Crippen molar-refractivity contribution in [1.82, 2.24) is 0 Å². The third-order valence-corrected chi connectivity index (χ3v) is 8.75. The molecule has 0 aliphatic heterocycles. The molecule has 27 heavy (non-hydrogen) atoms. The second-order valence-corrected chi connectivity index (χ2v) is 11.4. The van der Waals surface area contributed by atoms with E-state index < -0.39 is 53.7 Å². The Morgan fingerprint density at radius 2 is 0.852 bits per heavy atom. The Kier molecular flexibility index (Phi) is 25.0. The van der Waals surface area contributed by atoms with Crippen LogP contribution in [-0.4, -0.2) is 33.5 Å². The molecular weight excluding hydrogens is 786 g/mol. The van der Waals surface area contributed by atoms with Gasteiger partial charge in [-0.15, -0.1) is 0 Å². The molecule has 2 N–H and O–H groups in total. The Balaban J connectivity index is -0.000000108. The topological polar surface area (TPSA) is 266 Å². The number of aliphatic hydroxyl groups is 2. The minimum atomic E-state index is -5.61. The van der Waals surface area contributed by atoms with Gasteiger partial charge in [0.1, 0.15) is 23.3 Å². The maximum atomic E-state index is 10.5. The van der Waals surface area contributed by atoms with Gasteiger partial charge in [0.2, 0.25) is 0 Å². The monoisotopic (exact) mass is 792 g/mol. The van der Waals surface area contributed by atoms with Crippen LogP contribution in [-0.2, 0) is 88.6 Å². The van der Waals surface area contributed by atoms with Gasteiger partial charge in [-0.2, -0.15) is 0 Å². The summed E-state index contributed by atoms with van der Waals surface area (Å²) in [5.74, 6) is 0. The molecule has 0 saturated carbocycles. The first-order valence-corrected chi connectivity index (χ1v) is 12.4. The maximum absolute atomic E-state index is 10.5. The number of aliphatic hydroxyl groups excluding tert-OH is 2. The molecule has 0 radical (unpaired) electrons. The molecule has 0 aromatic heterocycles. The quantitative estimate of drug-likeness (QED) is 0.134. The van der Waals surface area contributed by atoms with E-state index in [1.165, 1.54) is 0 Å². The molecule has 0 aromatic carbocycles. The fourth-order valence-corrected chi connectivity index (χ4v) is 5.14. The second kappa shape index (κ2) is 16.7. The Morgan fingerprint density at radius 3 is 0.963 bits per heavy atom. The van der Waals surface area contributed by atoms with Crippen LogP contribution in [0.2, 0.25) is 0 Å². The van der Waals surface area contributed by atoms with Crippen LogP contribution in [0.1, 0.15) is 0 Å². The van der Waals surface area contributed by atoms with Gasteiger partial charge in [0.05, 0.1) is 0 Å². The van der Waals surface area contributed by atoms with Crippen LogP contribution in [0.5, 0.6) is 0 Å². The van der Waals surface area contributed by atoms with Gasteiger partial charge in [-0.05, 0) is 15.2 Å². The summed E-state index contributed by atoms with van der Waals surface area (Å²) in [5.41, 5.74) is -6.16. The van der Waals surface area contributed by atoms with E-state index in [0.29, 0.717) is 0 Å². The van der Waals surface area contributed by atoms with E-state index in [2.05, 4.69) is 9.05 Å². The van der Waals surface area contributed by atoms with Crippen molar-refractivity contribution in [2.45, 2.75) is 11.2 Å². The van der Waals surface area contributed by atoms with E-state index in [4.69, 9.17) is 33.4 Å². The van der Waals surface area contributed by atoms with E-state index in [1.54, 1.807) is 0 Å². The molecule has 0 bridgehead atoms. The fraction of sp³-hybridized carbons (Fsp3) is 1.00. The molecule has 0 spiro atoms. The number of alkyl halides is 2. The summed E-state index contributed by atoms with van der Waals surface area (Å²) < 4.78 is 48.2. The van der Waals surface area contributed by atoms with Gasteiger partial charge in [-0.3, -0.25) is 0 Å². The Labute approximate surface area is 203 Å². The molecule has 0 rings (SSSR count). The van der Waals surface area contributed by atoms with Crippen molar-refractivity contribution >= 4 is 53.6 Å². The number of rotatable bonds is 8. The maximum Gasteiger partial charge on any atom is 2.00 e. The van der Waals surface area contributed by atoms with Crippen LogP contribution in [0.4, 0.5) is 0 Å². The van der Waals surface area contributed by atoms with Crippen LogP contribution in [0.25, 0.3) is 0 Å². The number of hydrogen-bond acceptors (Lipinski definition) is 14. The molecule has 0 amide bonds. The van der Waals surface area contributed by atoms with Crippen LogP contribution in [0, 0.1) is 0 Å². The molecule has 0 fully saturated rings. The summed E-state index contributed by atoms with van der Waals surface area (Å²) in [4.78, 5) is 60.9. The van der Waals surface area contributed by atoms with E-state index >= 15 is 0 Å². The van der Waals surface area contributed by atoms with Crippen LogP contribution < -0.4 is 29.4 Å². The summed E-state index contributed by atoms with van der Waals surface area (Å²) >= 11 is 9.56. The van der Waals surface area contributed by atoms with Gasteiger partial charge in [-0.1, -0.05) is 23.2 Å². The average Bonchev–Trinajstić information content (AvgIpc) is 2.35. The van der Waals surface area contributed by atoms with E-state index in [1.807, 2.05) is 0 Å². The smallest absolute Gasteiger partial charge is 0.809 e. The summed E-state index contributed by atoms with van der Waals surface area (Å²) in [7, 11) is -21.5. The summed E-state index contributed by atoms with van der Waals surface area (Å²) in [6.45, 7) is 0. The summed E-state index contributed by atoms with van der Waals surface area (Å²) in [5, 5.41) is 16.8. The van der Waals surface area contributed by atoms with E-state index in [0.717, 1.165) is 0 Å². The van der Waals surface area contributed by atoms with Crippen LogP contribution in [0.3, 0.4) is 0 Å². The van der Waals surface area contributed by atoms with Crippen molar-refractivity contribution in [3.8, 4) is 0 Å². The van der Waals surface area contributed by atoms with Crippen molar-refractivity contribution in [1.29, 1.82) is 0 Å². The SMILES string of the molecule is O=P([O-])([O-])C(O)P(=O)([O-])OCCl.O=P([O-])([O-])C(O)P(=O)([O-])OCCl.[Pd+2].[Pd+2].[Pd+2]. The zero-order valence-electron chi connectivity index (χ0n) is 11.9. The van der Waals surface area contributed by atoms with Crippen LogP contribution >= 0.6 is 53.6 Å². The van der Waals surface area contributed by atoms with Crippen molar-refractivity contribution < 1.29 is 128 Å². The minimum Gasteiger partial charge on any atom is -0.809 e. The molecule has 23 heteroatoms. The van der Waals surface area contributed by atoms with Gasteiger partial charge >= 0.3 is 61.3 Å². The molecule has 172 valence electrons. The first kappa shape index (κ1) is 40.4. The molecule has 0 aliphatic carbocycles. The van der Waals surface area contributed by atoms with E-state index in [-0.39, 0.29) is 61.3 Å². The Hall–Kier alpha value is 3.09. The molecule has 4 atom stereocenters. The Morgan fingerprint density at radius 1 is 0.667 bits per heavy atom. The van der Waals surface area contributed by atoms with Gasteiger partial charge in [-0.25, -0.2) is 0 Å². The molecule has 14 nitrogen and oxygen atoms in total. The zero-order valence-corrected chi connectivity index (χ0v) is 21.6. The predicted octanol–water partition coefficient (Wildman–Crippen LogP) is -4.12. The number of hydrogen-bond donors (Lipinski definition) is 2. The summed E-state index contributed by atoms with van der Waals surface area (Å²) in [6, 6.07) is -1.73. The Bertz CT molecular complexity index is 531. The molecular formula is C4H8Cl2O14P4Pd3. The molecule has 0 aliphatic rings. The van der Waals surface area contributed by atoms with Crippen LogP contribution in [0.15, 0.2) is 0 Å². The molecule has 0 aromatic rings. The van der Waals surface area contributed by atoms with Crippen molar-refractivity contribution in [2.75, 3.05) is 12.1 Å². The second-order valence-electron chi connectivity index (χ2n) is 3.33.